The molecule has 0 atom stereocenters. The number of methoxy groups -OCH3 is 1. The minimum atomic E-state index is -3.45. The monoisotopic (exact) mass is 434 g/mol. The molecular formula is C21H26N2O6S. The van der Waals surface area contributed by atoms with E-state index in [1.807, 2.05) is 0 Å². The first-order valence-electron chi connectivity index (χ1n) is 9.33. The maximum absolute atomic E-state index is 12.4. The minimum Gasteiger partial charge on any atom is -0.493 e. The average molecular weight is 435 g/mol. The zero-order valence-corrected chi connectivity index (χ0v) is 18.2. The van der Waals surface area contributed by atoms with Crippen LogP contribution in [0.4, 0.5) is 0 Å². The molecule has 0 aliphatic heterocycles. The van der Waals surface area contributed by atoms with Crippen molar-refractivity contribution in [1.29, 1.82) is 0 Å². The molecule has 30 heavy (non-hydrogen) atoms. The third kappa shape index (κ3) is 6.48. The summed E-state index contributed by atoms with van der Waals surface area (Å²) in [5.41, 5.74) is 4.93. The lowest BCUT2D eigenvalue weighted by atomic mass is 10.1. The van der Waals surface area contributed by atoms with Crippen LogP contribution in [0.15, 0.2) is 47.4 Å². The Morgan fingerprint density at radius 3 is 2.17 bits per heavy atom. The van der Waals surface area contributed by atoms with Crippen LogP contribution in [0.3, 0.4) is 0 Å². The first kappa shape index (κ1) is 23.2. The summed E-state index contributed by atoms with van der Waals surface area (Å²) in [6.07, 6.45) is 1.94. The van der Waals surface area contributed by atoms with Gasteiger partial charge in [-0.05, 0) is 48.7 Å². The van der Waals surface area contributed by atoms with Crippen LogP contribution in [-0.4, -0.2) is 40.2 Å². The summed E-state index contributed by atoms with van der Waals surface area (Å²) >= 11 is 0. The summed E-state index contributed by atoms with van der Waals surface area (Å²) in [6.45, 7) is 4.72. The molecule has 0 bridgehead atoms. The molecule has 2 aromatic carbocycles. The van der Waals surface area contributed by atoms with Crippen LogP contribution in [-0.2, 0) is 9.84 Å². The van der Waals surface area contributed by atoms with Gasteiger partial charge in [0.2, 0.25) is 0 Å². The second-order valence-corrected chi connectivity index (χ2v) is 9.12. The van der Waals surface area contributed by atoms with Crippen LogP contribution in [0, 0.1) is 5.92 Å². The molecule has 2 rings (SSSR count). The molecule has 0 aliphatic carbocycles. The summed E-state index contributed by atoms with van der Waals surface area (Å²) in [5, 5.41) is 0. The highest BCUT2D eigenvalue weighted by molar-refractivity contribution is 7.90. The summed E-state index contributed by atoms with van der Waals surface area (Å²) in [6, 6.07) is 10.2. The number of hydrazine groups is 1. The first-order valence-corrected chi connectivity index (χ1v) is 11.2. The molecular weight excluding hydrogens is 408 g/mol. The maximum Gasteiger partial charge on any atom is 0.269 e. The van der Waals surface area contributed by atoms with E-state index in [2.05, 4.69) is 24.7 Å². The van der Waals surface area contributed by atoms with Crippen LogP contribution in [0.2, 0.25) is 0 Å². The van der Waals surface area contributed by atoms with Crippen molar-refractivity contribution in [2.45, 2.75) is 25.2 Å². The number of carbonyl (C=O) groups is 2. The lowest BCUT2D eigenvalue weighted by molar-refractivity contribution is 0.0846. The molecule has 162 valence electrons. The predicted octanol–water partition coefficient (Wildman–Crippen LogP) is 2.60. The lowest BCUT2D eigenvalue weighted by Gasteiger charge is -2.13. The Labute approximate surface area is 176 Å². The topological polar surface area (TPSA) is 111 Å². The number of amides is 2. The molecule has 9 heteroatoms. The number of benzene rings is 2. The Morgan fingerprint density at radius 2 is 1.60 bits per heavy atom. The molecule has 0 radical (unpaired) electrons. The van der Waals surface area contributed by atoms with Crippen molar-refractivity contribution >= 4 is 21.7 Å². The van der Waals surface area contributed by atoms with Gasteiger partial charge in [-0.3, -0.25) is 20.4 Å². The third-order valence-electron chi connectivity index (χ3n) is 4.19. The molecule has 0 aromatic heterocycles. The molecule has 0 unspecified atom stereocenters. The molecule has 8 nitrogen and oxygen atoms in total. The van der Waals surface area contributed by atoms with Crippen LogP contribution >= 0.6 is 0 Å². The molecule has 0 aliphatic rings. The Morgan fingerprint density at radius 1 is 0.967 bits per heavy atom. The fourth-order valence-corrected chi connectivity index (χ4v) is 3.13. The Balaban J connectivity index is 2.03. The largest absolute Gasteiger partial charge is 0.493 e. The van der Waals surface area contributed by atoms with Crippen molar-refractivity contribution in [2.75, 3.05) is 20.0 Å². The number of sulfone groups is 1. The van der Waals surface area contributed by atoms with Crippen molar-refractivity contribution in [3.63, 3.8) is 0 Å². The van der Waals surface area contributed by atoms with Crippen molar-refractivity contribution in [3.8, 4) is 11.5 Å². The van der Waals surface area contributed by atoms with Gasteiger partial charge in [-0.2, -0.15) is 0 Å². The van der Waals surface area contributed by atoms with Crippen molar-refractivity contribution in [3.05, 3.63) is 53.6 Å². The Hall–Kier alpha value is -3.07. The Bertz CT molecular complexity index is 1020. The number of carbonyl (C=O) groups excluding carboxylic acids is 2. The Kier molecular flexibility index (Phi) is 7.82. The van der Waals surface area contributed by atoms with E-state index in [1.165, 1.54) is 37.4 Å². The molecule has 2 amide bonds. The van der Waals surface area contributed by atoms with Gasteiger partial charge in [-0.15, -0.1) is 0 Å². The van der Waals surface area contributed by atoms with E-state index in [4.69, 9.17) is 9.47 Å². The molecule has 2 aromatic rings. The molecule has 0 saturated heterocycles. The molecule has 0 spiro atoms. The second kappa shape index (κ2) is 10.1. The average Bonchev–Trinajstić information content (AvgIpc) is 2.71. The molecule has 0 saturated carbocycles. The van der Waals surface area contributed by atoms with Crippen LogP contribution in [0.1, 0.15) is 41.0 Å². The minimum absolute atomic E-state index is 0.0132. The fraction of sp³-hybridized carbons (Fsp3) is 0.333. The summed E-state index contributed by atoms with van der Waals surface area (Å²) in [4.78, 5) is 24.6. The van der Waals surface area contributed by atoms with Crippen molar-refractivity contribution in [1.82, 2.24) is 10.9 Å². The summed E-state index contributed by atoms with van der Waals surface area (Å²) in [7, 11) is -1.97. The van der Waals surface area contributed by atoms with E-state index in [0.29, 0.717) is 24.0 Å². The van der Waals surface area contributed by atoms with Gasteiger partial charge in [0.05, 0.1) is 18.6 Å². The molecule has 0 fully saturated rings. The molecule has 0 heterocycles. The smallest absolute Gasteiger partial charge is 0.269 e. The van der Waals surface area contributed by atoms with Gasteiger partial charge in [-0.25, -0.2) is 8.42 Å². The van der Waals surface area contributed by atoms with Crippen LogP contribution < -0.4 is 20.3 Å². The van der Waals surface area contributed by atoms with Gasteiger partial charge in [0.25, 0.3) is 11.8 Å². The van der Waals surface area contributed by atoms with Crippen LogP contribution in [0.5, 0.6) is 11.5 Å². The fourth-order valence-electron chi connectivity index (χ4n) is 2.46. The van der Waals surface area contributed by atoms with E-state index < -0.39 is 21.7 Å². The van der Waals surface area contributed by atoms with Crippen molar-refractivity contribution < 1.29 is 27.5 Å². The van der Waals surface area contributed by atoms with E-state index in [1.54, 1.807) is 12.1 Å². The SMILES string of the molecule is COc1cc(C(=O)NNC(=O)c2cccc(S(C)(=O)=O)c2)ccc1OCCC(C)C. The molecule has 2 N–H and O–H groups in total. The number of ether oxygens (including phenoxy) is 2. The van der Waals surface area contributed by atoms with Gasteiger partial charge < -0.3 is 9.47 Å². The highest BCUT2D eigenvalue weighted by Crippen LogP contribution is 2.28. The van der Waals surface area contributed by atoms with E-state index in [0.717, 1.165) is 12.7 Å². The normalized spacial score (nSPS) is 11.1. The third-order valence-corrected chi connectivity index (χ3v) is 5.30. The van der Waals surface area contributed by atoms with Crippen LogP contribution in [0.25, 0.3) is 0 Å². The first-order chi connectivity index (χ1) is 14.1. The predicted molar refractivity (Wildman–Crippen MR) is 112 cm³/mol. The maximum atomic E-state index is 12.4. The second-order valence-electron chi connectivity index (χ2n) is 7.10. The zero-order chi connectivity index (χ0) is 22.3. The van der Waals surface area contributed by atoms with Gasteiger partial charge in [-0.1, -0.05) is 19.9 Å². The van der Waals surface area contributed by atoms with Gasteiger partial charge in [0, 0.05) is 17.4 Å². The number of hydrogen-bond acceptors (Lipinski definition) is 6. The summed E-state index contributed by atoms with van der Waals surface area (Å²) in [5.74, 6) is 0.224. The quantitative estimate of drug-likeness (QED) is 0.618. The van der Waals surface area contributed by atoms with E-state index in [9.17, 15) is 18.0 Å². The van der Waals surface area contributed by atoms with Gasteiger partial charge in [0.1, 0.15) is 0 Å². The summed E-state index contributed by atoms with van der Waals surface area (Å²) < 4.78 is 34.2. The number of hydrogen-bond donors (Lipinski definition) is 2. The lowest BCUT2D eigenvalue weighted by Crippen LogP contribution is -2.41. The van der Waals surface area contributed by atoms with E-state index >= 15 is 0 Å². The standard InChI is InChI=1S/C21H26N2O6S/c1-14(2)10-11-29-18-9-8-16(13-19(18)28-3)21(25)23-22-20(24)15-6-5-7-17(12-15)30(4,26)27/h5-9,12-14H,10-11H2,1-4H3,(H,22,24)(H,23,25). The zero-order valence-electron chi connectivity index (χ0n) is 17.4. The van der Waals surface area contributed by atoms with E-state index in [-0.39, 0.29) is 16.0 Å². The highest BCUT2D eigenvalue weighted by Gasteiger charge is 2.15. The van der Waals surface area contributed by atoms with Gasteiger partial charge in [0.15, 0.2) is 21.3 Å². The highest BCUT2D eigenvalue weighted by atomic mass is 32.2. The number of nitrogens with one attached hydrogen (secondary N) is 2. The van der Waals surface area contributed by atoms with Gasteiger partial charge >= 0.3 is 0 Å². The number of rotatable bonds is 8. The van der Waals surface area contributed by atoms with Crippen molar-refractivity contribution in [2.24, 2.45) is 5.92 Å².